The molecule has 2 N–H and O–H groups in total. The molecule has 0 saturated carbocycles. The van der Waals surface area contributed by atoms with Gasteiger partial charge in [-0.2, -0.15) is 10.5 Å². The average Bonchev–Trinajstić information content (AvgIpc) is 3.17. The van der Waals surface area contributed by atoms with E-state index in [0.717, 1.165) is 20.1 Å². The number of nitriles is 2. The van der Waals surface area contributed by atoms with Crippen molar-refractivity contribution in [2.75, 3.05) is 0 Å². The van der Waals surface area contributed by atoms with Gasteiger partial charge in [0, 0.05) is 33.4 Å². The zero-order valence-corrected chi connectivity index (χ0v) is 32.3. The van der Waals surface area contributed by atoms with Gasteiger partial charge in [-0.1, -0.05) is 68.3 Å². The number of hydrogen-bond acceptors (Lipinski definition) is 6. The number of hydrogen-bond donors (Lipinski definition) is 2. The highest BCUT2D eigenvalue weighted by Crippen LogP contribution is 2.15. The fourth-order valence-electron chi connectivity index (χ4n) is 5.48. The van der Waals surface area contributed by atoms with E-state index in [1.807, 2.05) is 48.5 Å². The monoisotopic (exact) mass is 842 g/mol. The summed E-state index contributed by atoms with van der Waals surface area (Å²) in [7, 11) is 0. The first-order chi connectivity index (χ1) is 26.0. The van der Waals surface area contributed by atoms with Crippen LogP contribution in [-0.4, -0.2) is 20.9 Å². The summed E-state index contributed by atoms with van der Waals surface area (Å²) >= 11 is 6.76. The van der Waals surface area contributed by atoms with Crippen LogP contribution in [0.3, 0.4) is 0 Å². The normalized spacial score (nSPS) is 10.3. The lowest BCUT2D eigenvalue weighted by Gasteiger charge is -2.12. The van der Waals surface area contributed by atoms with Crippen LogP contribution in [0.5, 0.6) is 0 Å². The van der Waals surface area contributed by atoms with Crippen molar-refractivity contribution in [2.45, 2.75) is 26.9 Å². The van der Waals surface area contributed by atoms with E-state index in [2.05, 4.69) is 54.6 Å². The van der Waals surface area contributed by atoms with Crippen molar-refractivity contribution in [3.8, 4) is 23.5 Å². The Morgan fingerprint density at radius 1 is 0.574 bits per heavy atom. The van der Waals surface area contributed by atoms with E-state index >= 15 is 0 Å². The molecule has 0 fully saturated rings. The lowest BCUT2D eigenvalue weighted by atomic mass is 10.1. The summed E-state index contributed by atoms with van der Waals surface area (Å²) in [6.45, 7) is 4.20. The number of rotatable bonds is 8. The molecular formula is C42H32Br2N6O4. The lowest BCUT2D eigenvalue weighted by Crippen LogP contribution is -2.33. The highest BCUT2D eigenvalue weighted by atomic mass is 79.9. The van der Waals surface area contributed by atoms with Gasteiger partial charge < -0.3 is 10.6 Å². The van der Waals surface area contributed by atoms with Gasteiger partial charge in [-0.15, -0.1) is 0 Å². The Hall–Kier alpha value is -6.34. The largest absolute Gasteiger partial charge is 0.348 e. The Kier molecular flexibility index (Phi) is 12.9. The van der Waals surface area contributed by atoms with Crippen LogP contribution in [-0.2, 0) is 13.1 Å². The van der Waals surface area contributed by atoms with Crippen molar-refractivity contribution < 1.29 is 9.59 Å². The molecule has 10 nitrogen and oxygen atoms in total. The van der Waals surface area contributed by atoms with Crippen molar-refractivity contribution in [2.24, 2.45) is 0 Å². The summed E-state index contributed by atoms with van der Waals surface area (Å²) in [5.41, 5.74) is 4.49. The second-order valence-electron chi connectivity index (χ2n) is 12.0. The summed E-state index contributed by atoms with van der Waals surface area (Å²) < 4.78 is 4.76. The highest BCUT2D eigenvalue weighted by Gasteiger charge is 2.16. The van der Waals surface area contributed by atoms with Crippen molar-refractivity contribution in [3.63, 3.8) is 0 Å². The predicted molar refractivity (Wildman–Crippen MR) is 214 cm³/mol. The molecule has 2 aromatic heterocycles. The Balaban J connectivity index is 0.000000208. The molecule has 4 aromatic carbocycles. The molecular weight excluding hydrogens is 812 g/mol. The van der Waals surface area contributed by atoms with E-state index in [1.165, 1.54) is 21.3 Å². The van der Waals surface area contributed by atoms with Gasteiger partial charge in [-0.3, -0.25) is 28.3 Å². The van der Waals surface area contributed by atoms with Gasteiger partial charge in [0.1, 0.15) is 11.1 Å². The molecule has 268 valence electrons. The second-order valence-corrected chi connectivity index (χ2v) is 13.8. The van der Waals surface area contributed by atoms with Crippen LogP contribution >= 0.6 is 31.9 Å². The summed E-state index contributed by atoms with van der Waals surface area (Å²) in [5.74, 6) is -0.877. The zero-order valence-electron chi connectivity index (χ0n) is 29.1. The van der Waals surface area contributed by atoms with Crippen molar-refractivity contribution in [1.29, 1.82) is 10.5 Å². The van der Waals surface area contributed by atoms with Crippen molar-refractivity contribution >= 4 is 43.7 Å². The lowest BCUT2D eigenvalue weighted by molar-refractivity contribution is 0.0941. The maximum absolute atomic E-state index is 12.9. The molecule has 0 atom stereocenters. The molecule has 0 aliphatic rings. The van der Waals surface area contributed by atoms with Gasteiger partial charge in [-0.05, 0) is 110 Å². The van der Waals surface area contributed by atoms with Crippen LogP contribution in [0.25, 0.3) is 11.4 Å². The molecule has 0 bridgehead atoms. The van der Waals surface area contributed by atoms with Crippen LogP contribution in [0.4, 0.5) is 0 Å². The molecule has 0 spiro atoms. The second kappa shape index (κ2) is 17.9. The first kappa shape index (κ1) is 38.9. The Morgan fingerprint density at radius 3 is 1.50 bits per heavy atom. The number of carbonyl (C=O) groups excluding carboxylic acids is 2. The highest BCUT2D eigenvalue weighted by molar-refractivity contribution is 9.10. The minimum atomic E-state index is -0.440. The standard InChI is InChI=1S/2C21H16BrN3O2/c1-14-8-9-19(20(26)24-13-16-5-2-6-17(22)10-16)21(27)25(14)18-7-3-4-15(11-18)12-23;1-14-5-10-19(20(26)24-13-15-6-8-17(22)9-7-15)21(27)25(14)18-4-2-3-16(11-18)12-23/h2*2-11H,13H2,1H3,(H,24,26). The topological polar surface area (TPSA) is 150 Å². The van der Waals surface area contributed by atoms with Crippen LogP contribution in [0.1, 0.15) is 54.4 Å². The fraction of sp³-hybridized carbons (Fsp3) is 0.0952. The number of nitrogens with zero attached hydrogens (tertiary/aromatic N) is 4. The van der Waals surface area contributed by atoms with E-state index in [1.54, 1.807) is 74.5 Å². The minimum Gasteiger partial charge on any atom is -0.348 e. The van der Waals surface area contributed by atoms with E-state index in [9.17, 15) is 19.2 Å². The summed E-state index contributed by atoms with van der Waals surface area (Å²) in [4.78, 5) is 50.9. The third-order valence-electron chi connectivity index (χ3n) is 8.22. The van der Waals surface area contributed by atoms with Gasteiger partial charge in [0.15, 0.2) is 0 Å². The number of aromatic nitrogens is 2. The molecule has 0 aliphatic carbocycles. The van der Waals surface area contributed by atoms with Gasteiger partial charge in [0.2, 0.25) is 0 Å². The summed E-state index contributed by atoms with van der Waals surface area (Å²) in [5, 5.41) is 23.7. The maximum Gasteiger partial charge on any atom is 0.268 e. The number of pyridine rings is 2. The average molecular weight is 845 g/mol. The maximum atomic E-state index is 12.9. The SMILES string of the molecule is Cc1ccc(C(=O)NCc2ccc(Br)cc2)c(=O)n1-c1cccc(C#N)c1.Cc1ccc(C(=O)NCc2cccc(Br)c2)c(=O)n1-c1cccc(C#N)c1. The van der Waals surface area contributed by atoms with Gasteiger partial charge in [0.25, 0.3) is 22.9 Å². The third-order valence-corrected chi connectivity index (χ3v) is 9.24. The smallest absolute Gasteiger partial charge is 0.268 e. The molecule has 12 heteroatoms. The number of benzene rings is 4. The minimum absolute atomic E-state index is 0.0537. The molecule has 2 heterocycles. The van der Waals surface area contributed by atoms with Crippen molar-refractivity contribution in [1.82, 2.24) is 19.8 Å². The van der Waals surface area contributed by atoms with E-state index < -0.39 is 22.9 Å². The van der Waals surface area contributed by atoms with E-state index in [0.29, 0.717) is 47.0 Å². The van der Waals surface area contributed by atoms with E-state index in [-0.39, 0.29) is 11.1 Å². The quantitative estimate of drug-likeness (QED) is 0.163. The Bertz CT molecular complexity index is 2570. The van der Waals surface area contributed by atoms with Crippen LogP contribution in [0.2, 0.25) is 0 Å². The molecule has 6 rings (SSSR count). The molecule has 2 amide bonds. The summed E-state index contributed by atoms with van der Waals surface area (Å²) in [6.07, 6.45) is 0. The molecule has 0 unspecified atom stereocenters. The Labute approximate surface area is 328 Å². The van der Waals surface area contributed by atoms with Crippen LogP contribution < -0.4 is 21.8 Å². The first-order valence-corrected chi connectivity index (χ1v) is 18.1. The molecule has 0 saturated heterocycles. The predicted octanol–water partition coefficient (Wildman–Crippen LogP) is 7.42. The molecule has 6 aromatic rings. The third kappa shape index (κ3) is 9.55. The number of amides is 2. The van der Waals surface area contributed by atoms with E-state index in [4.69, 9.17) is 10.5 Å². The van der Waals surface area contributed by atoms with Crippen molar-refractivity contribution in [3.05, 3.63) is 196 Å². The number of carbonyl (C=O) groups is 2. The molecule has 54 heavy (non-hydrogen) atoms. The number of halogens is 2. The number of aryl methyl sites for hydroxylation is 2. The van der Waals surface area contributed by atoms with Gasteiger partial charge >= 0.3 is 0 Å². The summed E-state index contributed by atoms with van der Waals surface area (Å²) in [6, 6.07) is 39.2. The fourth-order valence-corrected chi connectivity index (χ4v) is 6.19. The Morgan fingerprint density at radius 2 is 1.04 bits per heavy atom. The van der Waals surface area contributed by atoms with Crippen LogP contribution in [0, 0.1) is 36.5 Å². The molecule has 0 radical (unpaired) electrons. The van der Waals surface area contributed by atoms with Gasteiger partial charge in [-0.25, -0.2) is 0 Å². The first-order valence-electron chi connectivity index (χ1n) is 16.5. The van der Waals surface area contributed by atoms with Crippen LogP contribution in [0.15, 0.2) is 140 Å². The number of nitrogens with one attached hydrogen (secondary N) is 2. The van der Waals surface area contributed by atoms with Gasteiger partial charge in [0.05, 0.1) is 34.6 Å². The zero-order chi connectivity index (χ0) is 38.8. The molecule has 0 aliphatic heterocycles.